The number of aromatic amines is 1. The average molecular weight is 394 g/mol. The molecule has 0 radical (unpaired) electrons. The lowest BCUT2D eigenvalue weighted by atomic mass is 9.84. The monoisotopic (exact) mass is 393 g/mol. The van der Waals surface area contributed by atoms with Crippen LogP contribution < -0.4 is 10.6 Å². The number of aromatic nitrogens is 1. The standard InChI is InChI=1S/C24H31N3O2/c1-7-24(5,6)21-18(13-19-23(29)25-15(4)22(28)26-19)17-10-8-9-16(20(17)27-21)12-11-14(2)3/h7-11,15,19,27H,1,12-13H2,2-6H3,(H,25,29)(H,26,28). The van der Waals surface area contributed by atoms with Crippen LogP contribution in [0.3, 0.4) is 0 Å². The van der Waals surface area contributed by atoms with Crippen molar-refractivity contribution in [1.29, 1.82) is 0 Å². The van der Waals surface area contributed by atoms with E-state index in [1.54, 1.807) is 6.92 Å². The zero-order valence-corrected chi connectivity index (χ0v) is 18.0. The van der Waals surface area contributed by atoms with E-state index in [2.05, 4.69) is 74.2 Å². The quantitative estimate of drug-likeness (QED) is 0.655. The molecule has 1 saturated heterocycles. The molecule has 2 atom stereocenters. The first-order chi connectivity index (χ1) is 13.6. The van der Waals surface area contributed by atoms with Gasteiger partial charge in [-0.25, -0.2) is 0 Å². The molecule has 3 N–H and O–H groups in total. The number of hydrogen-bond donors (Lipinski definition) is 3. The van der Waals surface area contributed by atoms with Gasteiger partial charge in [-0.3, -0.25) is 9.59 Å². The number of para-hydroxylation sites is 1. The summed E-state index contributed by atoms with van der Waals surface area (Å²) in [5, 5.41) is 6.73. The topological polar surface area (TPSA) is 74.0 Å². The van der Waals surface area contributed by atoms with E-state index in [4.69, 9.17) is 0 Å². The highest BCUT2D eigenvalue weighted by molar-refractivity contribution is 5.97. The number of nitrogens with one attached hydrogen (secondary N) is 3. The molecule has 2 heterocycles. The first-order valence-corrected chi connectivity index (χ1v) is 10.1. The van der Waals surface area contributed by atoms with Crippen LogP contribution in [0.4, 0.5) is 0 Å². The summed E-state index contributed by atoms with van der Waals surface area (Å²) in [6.45, 7) is 14.1. The third-order valence-electron chi connectivity index (χ3n) is 5.71. The van der Waals surface area contributed by atoms with Crippen LogP contribution in [0.2, 0.25) is 0 Å². The fourth-order valence-corrected chi connectivity index (χ4v) is 3.77. The van der Waals surface area contributed by atoms with Crippen molar-refractivity contribution in [2.24, 2.45) is 0 Å². The third-order valence-corrected chi connectivity index (χ3v) is 5.71. The lowest BCUT2D eigenvalue weighted by Gasteiger charge is -2.29. The molecule has 3 rings (SSSR count). The van der Waals surface area contributed by atoms with Gasteiger partial charge in [0.05, 0.1) is 0 Å². The molecule has 1 fully saturated rings. The zero-order chi connectivity index (χ0) is 21.3. The number of fused-ring (bicyclic) bond motifs is 1. The Kier molecular flexibility index (Phi) is 5.69. The summed E-state index contributed by atoms with van der Waals surface area (Å²) in [6.07, 6.45) is 5.40. The Morgan fingerprint density at radius 3 is 2.55 bits per heavy atom. The van der Waals surface area contributed by atoms with Crippen LogP contribution in [0.1, 0.15) is 51.4 Å². The Balaban J connectivity index is 2.11. The summed E-state index contributed by atoms with van der Waals surface area (Å²) < 4.78 is 0. The third kappa shape index (κ3) is 4.14. The van der Waals surface area contributed by atoms with Crippen molar-refractivity contribution in [3.63, 3.8) is 0 Å². The molecule has 2 unspecified atom stereocenters. The van der Waals surface area contributed by atoms with Crippen molar-refractivity contribution in [3.8, 4) is 0 Å². The van der Waals surface area contributed by atoms with Gasteiger partial charge in [-0.2, -0.15) is 0 Å². The summed E-state index contributed by atoms with van der Waals surface area (Å²) in [4.78, 5) is 28.3. The van der Waals surface area contributed by atoms with E-state index >= 15 is 0 Å². The highest BCUT2D eigenvalue weighted by atomic mass is 16.2. The Hall–Kier alpha value is -2.82. The molecule has 0 saturated carbocycles. The van der Waals surface area contributed by atoms with Crippen molar-refractivity contribution >= 4 is 22.7 Å². The minimum Gasteiger partial charge on any atom is -0.357 e. The second kappa shape index (κ2) is 7.90. The number of hydrogen-bond acceptors (Lipinski definition) is 2. The van der Waals surface area contributed by atoms with Crippen molar-refractivity contribution < 1.29 is 9.59 Å². The molecule has 5 nitrogen and oxygen atoms in total. The minimum atomic E-state index is -0.585. The van der Waals surface area contributed by atoms with Crippen LogP contribution in [0.15, 0.2) is 42.5 Å². The number of piperazine rings is 1. The summed E-state index contributed by atoms with van der Waals surface area (Å²) in [7, 11) is 0. The molecule has 0 aliphatic carbocycles. The Morgan fingerprint density at radius 2 is 1.90 bits per heavy atom. The largest absolute Gasteiger partial charge is 0.357 e. The van der Waals surface area contributed by atoms with Gasteiger partial charge < -0.3 is 15.6 Å². The summed E-state index contributed by atoms with van der Waals surface area (Å²) in [5.74, 6) is -0.294. The van der Waals surface area contributed by atoms with Gasteiger partial charge in [0.25, 0.3) is 0 Å². The van der Waals surface area contributed by atoms with Gasteiger partial charge >= 0.3 is 0 Å². The van der Waals surface area contributed by atoms with E-state index in [9.17, 15) is 9.59 Å². The SMILES string of the molecule is C=CC(C)(C)c1[nH]c2c(CC=C(C)C)cccc2c1CC1NC(=O)C(C)NC1=O. The predicted octanol–water partition coefficient (Wildman–Crippen LogP) is 3.69. The molecular weight excluding hydrogens is 362 g/mol. The zero-order valence-electron chi connectivity index (χ0n) is 18.0. The molecule has 2 amide bonds. The van der Waals surface area contributed by atoms with Gasteiger partial charge in [0.15, 0.2) is 0 Å². The smallest absolute Gasteiger partial charge is 0.243 e. The molecule has 5 heteroatoms. The fraction of sp³-hybridized carbons (Fsp3) is 0.417. The first kappa shape index (κ1) is 20.9. The number of amides is 2. The number of rotatable bonds is 6. The van der Waals surface area contributed by atoms with Crippen molar-refractivity contribution in [2.45, 2.75) is 65.0 Å². The first-order valence-electron chi connectivity index (χ1n) is 10.1. The van der Waals surface area contributed by atoms with Gasteiger partial charge in [-0.1, -0.05) is 49.8 Å². The second-order valence-corrected chi connectivity index (χ2v) is 8.73. The van der Waals surface area contributed by atoms with Gasteiger partial charge in [-0.05, 0) is 38.3 Å². The summed E-state index contributed by atoms with van der Waals surface area (Å²) in [5.41, 5.74) is 5.36. The van der Waals surface area contributed by atoms with Crippen LogP contribution in [0.25, 0.3) is 10.9 Å². The van der Waals surface area contributed by atoms with Gasteiger partial charge in [-0.15, -0.1) is 6.58 Å². The van der Waals surface area contributed by atoms with E-state index in [1.165, 1.54) is 11.1 Å². The van der Waals surface area contributed by atoms with E-state index in [1.807, 2.05) is 6.08 Å². The summed E-state index contributed by atoms with van der Waals surface area (Å²) >= 11 is 0. The Labute approximate surface area is 172 Å². The molecule has 29 heavy (non-hydrogen) atoms. The summed E-state index contributed by atoms with van der Waals surface area (Å²) in [6, 6.07) is 5.19. The van der Waals surface area contributed by atoms with Crippen LogP contribution >= 0.6 is 0 Å². The molecule has 0 spiro atoms. The van der Waals surface area contributed by atoms with Crippen LogP contribution in [0.5, 0.6) is 0 Å². The highest BCUT2D eigenvalue weighted by Crippen LogP contribution is 2.35. The van der Waals surface area contributed by atoms with Crippen molar-refractivity contribution in [1.82, 2.24) is 15.6 Å². The van der Waals surface area contributed by atoms with Crippen molar-refractivity contribution in [3.05, 3.63) is 59.3 Å². The normalized spacial score (nSPS) is 19.6. The van der Waals surface area contributed by atoms with Crippen molar-refractivity contribution in [2.75, 3.05) is 0 Å². The lowest BCUT2D eigenvalue weighted by molar-refractivity contribution is -0.136. The molecule has 2 aromatic rings. The van der Waals surface area contributed by atoms with Crippen LogP contribution in [-0.4, -0.2) is 28.9 Å². The number of allylic oxidation sites excluding steroid dienone is 3. The van der Waals surface area contributed by atoms with Gasteiger partial charge in [0.1, 0.15) is 12.1 Å². The molecule has 1 aromatic carbocycles. The van der Waals surface area contributed by atoms with E-state index in [0.717, 1.165) is 28.6 Å². The Morgan fingerprint density at radius 1 is 1.17 bits per heavy atom. The lowest BCUT2D eigenvalue weighted by Crippen LogP contribution is -2.61. The number of carbonyl (C=O) groups is 2. The molecular formula is C24H31N3O2. The van der Waals surface area contributed by atoms with Crippen LogP contribution in [-0.2, 0) is 27.8 Å². The maximum Gasteiger partial charge on any atom is 0.243 e. The maximum atomic E-state index is 12.5. The molecule has 0 bridgehead atoms. The van der Waals surface area contributed by atoms with E-state index in [-0.39, 0.29) is 17.2 Å². The number of carbonyl (C=O) groups excluding carboxylic acids is 2. The fourth-order valence-electron chi connectivity index (χ4n) is 3.77. The minimum absolute atomic E-state index is 0.144. The molecule has 154 valence electrons. The molecule has 1 aliphatic heterocycles. The number of benzene rings is 1. The van der Waals surface area contributed by atoms with Crippen LogP contribution in [0, 0.1) is 0 Å². The highest BCUT2D eigenvalue weighted by Gasteiger charge is 2.34. The molecule has 1 aliphatic rings. The maximum absolute atomic E-state index is 12.5. The predicted molar refractivity (Wildman–Crippen MR) is 118 cm³/mol. The number of H-pyrrole nitrogens is 1. The average Bonchev–Trinajstić information content (AvgIpc) is 3.04. The molecule has 1 aromatic heterocycles. The van der Waals surface area contributed by atoms with E-state index in [0.29, 0.717) is 6.42 Å². The van der Waals surface area contributed by atoms with Gasteiger partial charge in [0, 0.05) is 28.4 Å². The van der Waals surface area contributed by atoms with E-state index < -0.39 is 12.1 Å². The van der Waals surface area contributed by atoms with Gasteiger partial charge in [0.2, 0.25) is 11.8 Å². The second-order valence-electron chi connectivity index (χ2n) is 8.73. The Bertz CT molecular complexity index is 993.